The third-order valence-electron chi connectivity index (χ3n) is 3.20. The third-order valence-corrected chi connectivity index (χ3v) is 5.38. The molecule has 0 amide bonds. The van der Waals surface area contributed by atoms with Crippen molar-refractivity contribution in [3.63, 3.8) is 0 Å². The van der Waals surface area contributed by atoms with Gasteiger partial charge < -0.3 is 0 Å². The fourth-order valence-electron chi connectivity index (χ4n) is 2.19. The predicted molar refractivity (Wildman–Crippen MR) is 87.1 cm³/mol. The van der Waals surface area contributed by atoms with Crippen molar-refractivity contribution < 1.29 is 8.42 Å². The molecular formula is C15H19ClN2O2S. The van der Waals surface area contributed by atoms with Crippen LogP contribution in [0.2, 0.25) is 0 Å². The number of hydrogen-bond donors (Lipinski definition) is 1. The summed E-state index contributed by atoms with van der Waals surface area (Å²) in [7, 11) is -3.27. The Balaban J connectivity index is 2.00. The molecule has 6 heteroatoms. The van der Waals surface area contributed by atoms with Crippen LogP contribution < -0.4 is 4.72 Å². The summed E-state index contributed by atoms with van der Waals surface area (Å²) in [4.78, 5) is 4.36. The van der Waals surface area contributed by atoms with E-state index in [9.17, 15) is 8.42 Å². The van der Waals surface area contributed by atoms with Crippen molar-refractivity contribution in [2.45, 2.75) is 13.3 Å². The average Bonchev–Trinajstić information content (AvgIpc) is 2.46. The highest BCUT2D eigenvalue weighted by Gasteiger charge is 2.14. The van der Waals surface area contributed by atoms with Crippen LogP contribution in [0, 0.1) is 5.92 Å². The molecule has 0 spiro atoms. The largest absolute Gasteiger partial charge is 0.256 e. The zero-order valence-electron chi connectivity index (χ0n) is 11.9. The van der Waals surface area contributed by atoms with Crippen molar-refractivity contribution in [3.05, 3.63) is 42.1 Å². The molecule has 2 aromatic rings. The summed E-state index contributed by atoms with van der Waals surface area (Å²) in [5, 5.41) is 1.06. The normalized spacial score (nSPS) is 13.4. The molecule has 1 aromatic heterocycles. The molecule has 0 aliphatic heterocycles. The third kappa shape index (κ3) is 4.66. The number of halogens is 1. The van der Waals surface area contributed by atoms with Crippen LogP contribution in [0.15, 0.2) is 36.5 Å². The predicted octanol–water partition coefficient (Wildman–Crippen LogP) is 2.57. The molecule has 21 heavy (non-hydrogen) atoms. The minimum absolute atomic E-state index is 0.0524. The Kier molecular flexibility index (Phi) is 5.56. The SMILES string of the molecule is CC(CCl)CS(=O)(=O)NCCc1cccc2cccnc12. The lowest BCUT2D eigenvalue weighted by atomic mass is 10.1. The number of benzene rings is 1. The fraction of sp³-hybridized carbons (Fsp3) is 0.400. The summed E-state index contributed by atoms with van der Waals surface area (Å²) in [5.41, 5.74) is 1.97. The smallest absolute Gasteiger partial charge is 0.211 e. The molecule has 0 radical (unpaired) electrons. The van der Waals surface area contributed by atoms with Gasteiger partial charge in [-0.15, -0.1) is 11.6 Å². The van der Waals surface area contributed by atoms with Gasteiger partial charge in [-0.3, -0.25) is 4.98 Å². The molecule has 0 saturated heterocycles. The zero-order chi connectivity index (χ0) is 15.3. The van der Waals surface area contributed by atoms with E-state index in [2.05, 4.69) is 9.71 Å². The molecule has 0 bridgehead atoms. The molecule has 114 valence electrons. The lowest BCUT2D eigenvalue weighted by Gasteiger charge is -2.10. The highest BCUT2D eigenvalue weighted by molar-refractivity contribution is 7.89. The van der Waals surface area contributed by atoms with Crippen LogP contribution in [0.1, 0.15) is 12.5 Å². The van der Waals surface area contributed by atoms with E-state index >= 15 is 0 Å². The van der Waals surface area contributed by atoms with Crippen molar-refractivity contribution in [3.8, 4) is 0 Å². The molecule has 0 aliphatic carbocycles. The van der Waals surface area contributed by atoms with Crippen molar-refractivity contribution in [1.82, 2.24) is 9.71 Å². The standard InChI is InChI=1S/C15H19ClN2O2S/c1-12(10-16)11-21(19,20)18-9-7-14-5-2-4-13-6-3-8-17-15(13)14/h2-6,8,12,18H,7,9-11H2,1H3. The minimum atomic E-state index is -3.27. The Morgan fingerprint density at radius 1 is 1.29 bits per heavy atom. The lowest BCUT2D eigenvalue weighted by molar-refractivity contribution is 0.569. The van der Waals surface area contributed by atoms with Crippen LogP contribution in [-0.2, 0) is 16.4 Å². The number of fused-ring (bicyclic) bond motifs is 1. The van der Waals surface area contributed by atoms with Gasteiger partial charge in [0.25, 0.3) is 0 Å². The van der Waals surface area contributed by atoms with Gasteiger partial charge in [0, 0.05) is 24.0 Å². The lowest BCUT2D eigenvalue weighted by Crippen LogP contribution is -2.31. The van der Waals surface area contributed by atoms with Crippen molar-refractivity contribution in [1.29, 1.82) is 0 Å². The molecule has 1 unspecified atom stereocenters. The first-order valence-electron chi connectivity index (χ1n) is 6.88. The number of alkyl halides is 1. The van der Waals surface area contributed by atoms with Crippen LogP contribution in [0.25, 0.3) is 10.9 Å². The quantitative estimate of drug-likeness (QED) is 0.796. The molecule has 0 fully saturated rings. The van der Waals surface area contributed by atoms with Gasteiger partial charge in [-0.2, -0.15) is 0 Å². The second kappa shape index (κ2) is 7.20. The summed E-state index contributed by atoms with van der Waals surface area (Å²) in [6, 6.07) is 9.83. The monoisotopic (exact) mass is 326 g/mol. The van der Waals surface area contributed by atoms with Crippen molar-refractivity contribution >= 4 is 32.5 Å². The Hall–Kier alpha value is -1.17. The first-order chi connectivity index (χ1) is 10.0. The van der Waals surface area contributed by atoms with Gasteiger partial charge >= 0.3 is 0 Å². The Morgan fingerprint density at radius 2 is 2.05 bits per heavy atom. The number of rotatable bonds is 7. The average molecular weight is 327 g/mol. The highest BCUT2D eigenvalue weighted by Crippen LogP contribution is 2.16. The Bertz CT molecular complexity index is 698. The maximum Gasteiger partial charge on any atom is 0.211 e. The summed E-state index contributed by atoms with van der Waals surface area (Å²) in [6.45, 7) is 2.19. The second-order valence-corrected chi connectivity index (χ2v) is 7.34. The number of para-hydroxylation sites is 1. The van der Waals surface area contributed by atoms with Crippen LogP contribution in [0.4, 0.5) is 0 Å². The van der Waals surface area contributed by atoms with Gasteiger partial charge in [-0.05, 0) is 24.0 Å². The number of sulfonamides is 1. The van der Waals surface area contributed by atoms with Gasteiger partial charge in [0.15, 0.2) is 0 Å². The maximum atomic E-state index is 11.9. The highest BCUT2D eigenvalue weighted by atomic mass is 35.5. The van der Waals surface area contributed by atoms with E-state index in [0.717, 1.165) is 16.5 Å². The number of pyridine rings is 1. The van der Waals surface area contributed by atoms with Crippen LogP contribution in [-0.4, -0.2) is 31.6 Å². The van der Waals surface area contributed by atoms with Gasteiger partial charge in [0.1, 0.15) is 0 Å². The van der Waals surface area contributed by atoms with Crippen molar-refractivity contribution in [2.24, 2.45) is 5.92 Å². The molecule has 1 atom stereocenters. The molecule has 2 rings (SSSR count). The van der Waals surface area contributed by atoms with Crippen LogP contribution >= 0.6 is 11.6 Å². The van der Waals surface area contributed by atoms with Crippen molar-refractivity contribution in [2.75, 3.05) is 18.2 Å². The van der Waals surface area contributed by atoms with Crippen LogP contribution in [0.3, 0.4) is 0 Å². The summed E-state index contributed by atoms with van der Waals surface area (Å²) < 4.78 is 26.4. The van der Waals surface area contributed by atoms with Crippen LogP contribution in [0.5, 0.6) is 0 Å². The van der Waals surface area contributed by atoms with E-state index in [4.69, 9.17) is 11.6 Å². The van der Waals surface area contributed by atoms with E-state index in [-0.39, 0.29) is 11.7 Å². The van der Waals surface area contributed by atoms with Gasteiger partial charge in [-0.25, -0.2) is 13.1 Å². The topological polar surface area (TPSA) is 59.1 Å². The molecular weight excluding hydrogens is 308 g/mol. The fourth-order valence-corrected chi connectivity index (χ4v) is 3.82. The Labute approximate surface area is 130 Å². The van der Waals surface area contributed by atoms with E-state index in [1.165, 1.54) is 0 Å². The van der Waals surface area contributed by atoms with Gasteiger partial charge in [-0.1, -0.05) is 31.2 Å². The first-order valence-corrected chi connectivity index (χ1v) is 9.06. The zero-order valence-corrected chi connectivity index (χ0v) is 13.5. The van der Waals surface area contributed by atoms with E-state index in [0.29, 0.717) is 18.8 Å². The molecule has 1 aromatic carbocycles. The van der Waals surface area contributed by atoms with Gasteiger partial charge in [0.05, 0.1) is 11.3 Å². The second-order valence-electron chi connectivity index (χ2n) is 5.18. The maximum absolute atomic E-state index is 11.9. The minimum Gasteiger partial charge on any atom is -0.256 e. The molecule has 0 saturated carbocycles. The summed E-state index contributed by atoms with van der Waals surface area (Å²) in [6.07, 6.45) is 2.36. The molecule has 0 aliphatic rings. The molecule has 4 nitrogen and oxygen atoms in total. The van der Waals surface area contributed by atoms with E-state index < -0.39 is 10.0 Å². The van der Waals surface area contributed by atoms with E-state index in [1.807, 2.05) is 37.3 Å². The summed E-state index contributed by atoms with van der Waals surface area (Å²) >= 11 is 5.65. The number of aromatic nitrogens is 1. The molecule has 1 heterocycles. The van der Waals surface area contributed by atoms with Gasteiger partial charge in [0.2, 0.25) is 10.0 Å². The molecule has 1 N–H and O–H groups in total. The summed E-state index contributed by atoms with van der Waals surface area (Å²) in [5.74, 6) is 0.349. The number of nitrogens with one attached hydrogen (secondary N) is 1. The number of hydrogen-bond acceptors (Lipinski definition) is 3. The number of nitrogens with zero attached hydrogens (tertiary/aromatic N) is 1. The Morgan fingerprint density at radius 3 is 2.81 bits per heavy atom. The first kappa shape index (κ1) is 16.2. The van der Waals surface area contributed by atoms with E-state index in [1.54, 1.807) is 6.20 Å².